The smallest absolute Gasteiger partial charge is 0.236 e. The van der Waals surface area contributed by atoms with E-state index >= 15 is 0 Å². The first kappa shape index (κ1) is 19.5. The predicted octanol–water partition coefficient (Wildman–Crippen LogP) is 5.78. The molecule has 0 atom stereocenters. The Morgan fingerprint density at radius 1 is 0.964 bits per heavy atom. The normalized spacial score (nSPS) is 11.8. The zero-order valence-corrected chi connectivity index (χ0v) is 17.8. The van der Waals surface area contributed by atoms with Crippen LogP contribution < -0.4 is 0 Å². The fourth-order valence-corrected chi connectivity index (χ4v) is 5.67. The monoisotopic (exact) mass is 469 g/mol. The molecule has 0 aliphatic rings. The first-order chi connectivity index (χ1) is 13.4. The highest BCUT2D eigenvalue weighted by Crippen LogP contribution is 2.37. The highest BCUT2D eigenvalue weighted by atomic mass is 35.5. The largest absolute Gasteiger partial charge is 0.270 e. The van der Waals surface area contributed by atoms with Crippen LogP contribution in [0.1, 0.15) is 0 Å². The number of hydrogen-bond donors (Lipinski definition) is 0. The summed E-state index contributed by atoms with van der Waals surface area (Å²) in [6.45, 7) is 0. The Morgan fingerprint density at radius 3 is 2.46 bits per heavy atom. The van der Waals surface area contributed by atoms with Crippen LogP contribution in [0.3, 0.4) is 0 Å². The molecule has 28 heavy (non-hydrogen) atoms. The van der Waals surface area contributed by atoms with Crippen molar-refractivity contribution in [3.63, 3.8) is 0 Å². The lowest BCUT2D eigenvalue weighted by Gasteiger charge is -2.08. The summed E-state index contributed by atoms with van der Waals surface area (Å²) in [4.78, 5) is 9.57. The molecule has 10 heteroatoms. The second kappa shape index (κ2) is 7.57. The number of fused-ring (bicyclic) bond motifs is 1. The Hall–Kier alpha value is -1.77. The lowest BCUT2D eigenvalue weighted by atomic mass is 10.4. The second-order valence-electron chi connectivity index (χ2n) is 5.62. The highest BCUT2D eigenvalue weighted by Gasteiger charge is 2.24. The number of benzene rings is 2. The zero-order chi connectivity index (χ0) is 19.9. The van der Waals surface area contributed by atoms with Gasteiger partial charge in [0, 0.05) is 11.0 Å². The Bertz CT molecular complexity index is 1290. The van der Waals surface area contributed by atoms with Crippen LogP contribution in [0, 0.1) is 0 Å². The minimum absolute atomic E-state index is 0.00166. The topological polar surface area (TPSA) is 64.8 Å². The molecule has 0 saturated heterocycles. The van der Waals surface area contributed by atoms with Gasteiger partial charge in [0.15, 0.2) is 5.65 Å². The molecule has 0 fully saturated rings. The summed E-state index contributed by atoms with van der Waals surface area (Å²) < 4.78 is 26.9. The van der Waals surface area contributed by atoms with E-state index < -0.39 is 10.0 Å². The molecule has 0 saturated carbocycles. The molecule has 4 rings (SSSR count). The Morgan fingerprint density at radius 2 is 1.71 bits per heavy atom. The molecule has 4 aromatic rings. The standard InChI is InChI=1S/C18H10Cl3N3O2S2/c19-12-7-4-8-14(17(12)21)27-16-10-22-18-13(23-16)9-15(20)24(18)28(25,26)11-5-2-1-3-6-11/h1-10H. The van der Waals surface area contributed by atoms with Crippen molar-refractivity contribution in [2.24, 2.45) is 0 Å². The summed E-state index contributed by atoms with van der Waals surface area (Å²) in [5.41, 5.74) is 0.503. The van der Waals surface area contributed by atoms with Gasteiger partial charge >= 0.3 is 0 Å². The Kier molecular flexibility index (Phi) is 5.28. The van der Waals surface area contributed by atoms with Crippen molar-refractivity contribution in [1.82, 2.24) is 13.9 Å². The predicted molar refractivity (Wildman–Crippen MR) is 112 cm³/mol. The van der Waals surface area contributed by atoms with E-state index in [4.69, 9.17) is 34.8 Å². The molecule has 0 spiro atoms. The van der Waals surface area contributed by atoms with E-state index in [1.165, 1.54) is 36.2 Å². The quantitative estimate of drug-likeness (QED) is 0.378. The third-order valence-corrected chi connectivity index (χ3v) is 7.80. The molecule has 0 N–H and O–H groups in total. The van der Waals surface area contributed by atoms with Gasteiger partial charge in [0.25, 0.3) is 10.0 Å². The molecule has 0 bridgehead atoms. The molecule has 2 aromatic carbocycles. The molecule has 5 nitrogen and oxygen atoms in total. The first-order valence-electron chi connectivity index (χ1n) is 7.84. The minimum Gasteiger partial charge on any atom is -0.236 e. The van der Waals surface area contributed by atoms with Crippen molar-refractivity contribution < 1.29 is 8.42 Å². The number of rotatable bonds is 4. The van der Waals surface area contributed by atoms with Gasteiger partial charge in [-0.25, -0.2) is 22.4 Å². The highest BCUT2D eigenvalue weighted by molar-refractivity contribution is 7.99. The molecule has 0 radical (unpaired) electrons. The number of aromatic nitrogens is 3. The average molecular weight is 471 g/mol. The maximum absolute atomic E-state index is 13.0. The summed E-state index contributed by atoms with van der Waals surface area (Å²) >= 11 is 19.7. The van der Waals surface area contributed by atoms with E-state index in [-0.39, 0.29) is 15.7 Å². The van der Waals surface area contributed by atoms with Crippen molar-refractivity contribution in [2.45, 2.75) is 14.8 Å². The first-order valence-corrected chi connectivity index (χ1v) is 11.2. The summed E-state index contributed by atoms with van der Waals surface area (Å²) in [5.74, 6) is 0. The molecule has 2 heterocycles. The second-order valence-corrected chi connectivity index (χ2v) is 9.64. The van der Waals surface area contributed by atoms with Gasteiger partial charge in [-0.15, -0.1) is 0 Å². The molecule has 0 aliphatic carbocycles. The van der Waals surface area contributed by atoms with E-state index in [2.05, 4.69) is 9.97 Å². The molecular formula is C18H10Cl3N3O2S2. The van der Waals surface area contributed by atoms with Gasteiger partial charge in [-0.1, -0.05) is 70.8 Å². The zero-order valence-electron chi connectivity index (χ0n) is 13.9. The lowest BCUT2D eigenvalue weighted by Crippen LogP contribution is -2.13. The van der Waals surface area contributed by atoms with Gasteiger partial charge in [0.2, 0.25) is 0 Å². The van der Waals surface area contributed by atoms with Crippen molar-refractivity contribution in [1.29, 1.82) is 0 Å². The summed E-state index contributed by atoms with van der Waals surface area (Å²) in [5, 5.41) is 1.38. The number of nitrogens with zero attached hydrogens (tertiary/aromatic N) is 3. The Balaban J connectivity index is 1.78. The van der Waals surface area contributed by atoms with Gasteiger partial charge in [0.1, 0.15) is 15.7 Å². The molecule has 2 aromatic heterocycles. The van der Waals surface area contributed by atoms with Crippen molar-refractivity contribution in [3.8, 4) is 0 Å². The van der Waals surface area contributed by atoms with Gasteiger partial charge in [-0.2, -0.15) is 0 Å². The number of hydrogen-bond acceptors (Lipinski definition) is 5. The van der Waals surface area contributed by atoms with Crippen LogP contribution in [0.5, 0.6) is 0 Å². The minimum atomic E-state index is -3.90. The third kappa shape index (κ3) is 3.49. The van der Waals surface area contributed by atoms with Crippen LogP contribution in [0.15, 0.2) is 75.6 Å². The van der Waals surface area contributed by atoms with Gasteiger partial charge in [-0.3, -0.25) is 0 Å². The van der Waals surface area contributed by atoms with Crippen LogP contribution in [0.2, 0.25) is 15.2 Å². The molecule has 0 amide bonds. The fraction of sp³-hybridized carbons (Fsp3) is 0. The Labute approximate surface area is 180 Å². The van der Waals surface area contributed by atoms with Crippen molar-refractivity contribution >= 4 is 67.8 Å². The molecular weight excluding hydrogens is 461 g/mol. The van der Waals surface area contributed by atoms with E-state index in [1.54, 1.807) is 30.3 Å². The van der Waals surface area contributed by atoms with E-state index in [1.807, 2.05) is 6.07 Å². The SMILES string of the molecule is O=S(=O)(c1ccccc1)n1c(Cl)cc2nc(Sc3cccc(Cl)c3Cl)cnc21. The van der Waals surface area contributed by atoms with Crippen LogP contribution in [-0.2, 0) is 10.0 Å². The van der Waals surface area contributed by atoms with Crippen LogP contribution >= 0.6 is 46.6 Å². The van der Waals surface area contributed by atoms with Gasteiger partial charge in [-0.05, 0) is 24.3 Å². The summed E-state index contributed by atoms with van der Waals surface area (Å²) in [7, 11) is -3.90. The van der Waals surface area contributed by atoms with Crippen LogP contribution in [0.25, 0.3) is 11.2 Å². The van der Waals surface area contributed by atoms with E-state index in [0.29, 0.717) is 25.5 Å². The van der Waals surface area contributed by atoms with Crippen molar-refractivity contribution in [3.05, 3.63) is 76.0 Å². The molecule has 0 aliphatic heterocycles. The maximum atomic E-state index is 13.0. The number of halogens is 3. The summed E-state index contributed by atoms with van der Waals surface area (Å²) in [6, 6.07) is 14.8. The van der Waals surface area contributed by atoms with Crippen LogP contribution in [-0.4, -0.2) is 22.4 Å². The van der Waals surface area contributed by atoms with E-state index in [9.17, 15) is 8.42 Å². The fourth-order valence-electron chi connectivity index (χ4n) is 2.56. The van der Waals surface area contributed by atoms with Crippen LogP contribution in [0.4, 0.5) is 0 Å². The van der Waals surface area contributed by atoms with Crippen molar-refractivity contribution in [2.75, 3.05) is 0 Å². The van der Waals surface area contributed by atoms with Gasteiger partial charge < -0.3 is 0 Å². The molecule has 0 unspecified atom stereocenters. The van der Waals surface area contributed by atoms with Gasteiger partial charge in [0.05, 0.1) is 21.1 Å². The maximum Gasteiger partial charge on any atom is 0.270 e. The summed E-state index contributed by atoms with van der Waals surface area (Å²) in [6.07, 6.45) is 1.47. The molecule has 142 valence electrons. The average Bonchev–Trinajstić information content (AvgIpc) is 3.02. The third-order valence-electron chi connectivity index (χ3n) is 3.81. The lowest BCUT2D eigenvalue weighted by molar-refractivity contribution is 0.589. The van der Waals surface area contributed by atoms with E-state index in [0.717, 1.165) is 3.97 Å².